The van der Waals surface area contributed by atoms with E-state index in [0.717, 1.165) is 35.1 Å². The van der Waals surface area contributed by atoms with Gasteiger partial charge in [-0.3, -0.25) is 4.79 Å². The van der Waals surface area contributed by atoms with Gasteiger partial charge in [0, 0.05) is 37.0 Å². The van der Waals surface area contributed by atoms with E-state index in [1.807, 2.05) is 44.1 Å². The molecule has 1 aromatic carbocycles. The number of likely N-dealkylation sites (N-methyl/N-ethyl adjacent to an activating group) is 1. The van der Waals surface area contributed by atoms with E-state index in [1.54, 1.807) is 16.9 Å². The molecule has 11 heteroatoms. The standard InChI is InChI=1S/C30H31F2N7O2/c1-4-41-23-14-24(28-21(15-33)17-35-39(28)18-23)20-5-8-27(34-16-20)38-11-9-30(10-12-38,19-37(2)3)36-29(40)25-13-22(31)6-7-26(25)32/h5-8,13-14,16-18H,4,9-12,19H2,1-3H3,(H,36,40). The Kier molecular flexibility index (Phi) is 7.85. The van der Waals surface area contributed by atoms with Crippen molar-refractivity contribution in [2.24, 2.45) is 0 Å². The van der Waals surface area contributed by atoms with Crippen molar-refractivity contribution >= 4 is 17.2 Å². The van der Waals surface area contributed by atoms with Gasteiger partial charge in [-0.2, -0.15) is 10.4 Å². The fraction of sp³-hybridized carbons (Fsp3) is 0.333. The molecular weight excluding hydrogens is 528 g/mol. The number of amides is 1. The van der Waals surface area contributed by atoms with Crippen LogP contribution in [0.25, 0.3) is 16.6 Å². The number of carbonyl (C=O) groups is 1. The zero-order valence-electron chi connectivity index (χ0n) is 23.2. The summed E-state index contributed by atoms with van der Waals surface area (Å²) in [6.07, 6.45) is 6.24. The van der Waals surface area contributed by atoms with Crippen LogP contribution in [0.15, 0.2) is 55.0 Å². The highest BCUT2D eigenvalue weighted by Gasteiger charge is 2.37. The van der Waals surface area contributed by atoms with Crippen molar-refractivity contribution in [2.75, 3.05) is 45.2 Å². The van der Waals surface area contributed by atoms with Crippen LogP contribution in [-0.4, -0.2) is 71.3 Å². The second kappa shape index (κ2) is 11.5. The Balaban J connectivity index is 1.35. The van der Waals surface area contributed by atoms with Gasteiger partial charge in [0.05, 0.1) is 41.2 Å². The fourth-order valence-electron chi connectivity index (χ4n) is 5.45. The zero-order valence-corrected chi connectivity index (χ0v) is 23.2. The van der Waals surface area contributed by atoms with E-state index in [-0.39, 0.29) is 5.56 Å². The molecule has 41 heavy (non-hydrogen) atoms. The first-order valence-electron chi connectivity index (χ1n) is 13.4. The molecule has 1 aliphatic heterocycles. The minimum Gasteiger partial charge on any atom is -0.492 e. The third kappa shape index (κ3) is 5.83. The number of carbonyl (C=O) groups excluding carboxylic acids is 1. The highest BCUT2D eigenvalue weighted by molar-refractivity contribution is 5.95. The van der Waals surface area contributed by atoms with E-state index in [9.17, 15) is 18.8 Å². The maximum absolute atomic E-state index is 14.3. The van der Waals surface area contributed by atoms with Crippen LogP contribution < -0.4 is 15.0 Å². The Bertz CT molecular complexity index is 1600. The Morgan fingerprint density at radius 1 is 1.17 bits per heavy atom. The quantitative estimate of drug-likeness (QED) is 0.344. The average molecular weight is 560 g/mol. The number of fused-ring (bicyclic) bond motifs is 1. The second-order valence-corrected chi connectivity index (χ2v) is 10.5. The van der Waals surface area contributed by atoms with Gasteiger partial charge in [0.1, 0.15) is 29.3 Å². The number of nitrogens with zero attached hydrogens (tertiary/aromatic N) is 6. The molecule has 1 N–H and O–H groups in total. The van der Waals surface area contributed by atoms with Gasteiger partial charge in [0.15, 0.2) is 0 Å². The zero-order chi connectivity index (χ0) is 29.1. The maximum Gasteiger partial charge on any atom is 0.254 e. The summed E-state index contributed by atoms with van der Waals surface area (Å²) in [6.45, 7) is 4.17. The Morgan fingerprint density at radius 3 is 2.61 bits per heavy atom. The third-order valence-corrected chi connectivity index (χ3v) is 7.29. The summed E-state index contributed by atoms with van der Waals surface area (Å²) in [4.78, 5) is 21.8. The van der Waals surface area contributed by atoms with Crippen LogP contribution in [0.1, 0.15) is 35.7 Å². The molecule has 4 heterocycles. The first-order chi connectivity index (χ1) is 19.7. The molecule has 0 unspecified atom stereocenters. The normalized spacial score (nSPS) is 14.7. The monoisotopic (exact) mass is 559 g/mol. The highest BCUT2D eigenvalue weighted by atomic mass is 19.1. The number of hydrogen-bond donors (Lipinski definition) is 1. The summed E-state index contributed by atoms with van der Waals surface area (Å²) in [5.41, 5.74) is 1.84. The Labute approximate surface area is 237 Å². The van der Waals surface area contributed by atoms with Gasteiger partial charge in [0.2, 0.25) is 0 Å². The minimum absolute atomic E-state index is 0.303. The largest absolute Gasteiger partial charge is 0.492 e. The lowest BCUT2D eigenvalue weighted by atomic mass is 9.86. The summed E-state index contributed by atoms with van der Waals surface area (Å²) < 4.78 is 35.4. The summed E-state index contributed by atoms with van der Waals surface area (Å²) >= 11 is 0. The topological polar surface area (TPSA) is 98.8 Å². The van der Waals surface area contributed by atoms with Crippen LogP contribution >= 0.6 is 0 Å². The molecule has 1 saturated heterocycles. The molecule has 0 spiro atoms. The number of pyridine rings is 2. The van der Waals surface area contributed by atoms with Crippen molar-refractivity contribution in [3.05, 3.63) is 77.8 Å². The second-order valence-electron chi connectivity index (χ2n) is 10.5. The lowest BCUT2D eigenvalue weighted by molar-refractivity contribution is 0.0848. The molecule has 4 aromatic rings. The van der Waals surface area contributed by atoms with Crippen molar-refractivity contribution in [3.63, 3.8) is 0 Å². The molecular formula is C30H31F2N7O2. The first kappa shape index (κ1) is 28.0. The predicted molar refractivity (Wildman–Crippen MR) is 151 cm³/mol. The number of benzene rings is 1. The van der Waals surface area contributed by atoms with Gasteiger partial charge in [-0.1, -0.05) is 0 Å². The number of ether oxygens (including phenoxy) is 1. The van der Waals surface area contributed by atoms with Crippen LogP contribution in [0.2, 0.25) is 0 Å². The molecule has 9 nitrogen and oxygen atoms in total. The third-order valence-electron chi connectivity index (χ3n) is 7.29. The van der Waals surface area contributed by atoms with Crippen LogP contribution in [0.5, 0.6) is 5.75 Å². The SMILES string of the molecule is CCOc1cc(-c2ccc(N3CCC(CN(C)C)(NC(=O)c4cc(F)ccc4F)CC3)nc2)c2c(C#N)cnn2c1. The molecule has 0 bridgehead atoms. The summed E-state index contributed by atoms with van der Waals surface area (Å²) in [6, 6.07) is 10.9. The summed E-state index contributed by atoms with van der Waals surface area (Å²) in [5, 5.41) is 16.9. The highest BCUT2D eigenvalue weighted by Crippen LogP contribution is 2.32. The fourth-order valence-corrected chi connectivity index (χ4v) is 5.45. The van der Waals surface area contributed by atoms with Gasteiger partial charge >= 0.3 is 0 Å². The smallest absolute Gasteiger partial charge is 0.254 e. The van der Waals surface area contributed by atoms with Gasteiger partial charge in [-0.15, -0.1) is 0 Å². The van der Waals surface area contributed by atoms with Crippen molar-refractivity contribution in [1.29, 1.82) is 5.26 Å². The van der Waals surface area contributed by atoms with Crippen LogP contribution in [0.3, 0.4) is 0 Å². The summed E-state index contributed by atoms with van der Waals surface area (Å²) in [5.74, 6) is -0.629. The Hall–Kier alpha value is -4.56. The van der Waals surface area contributed by atoms with E-state index in [4.69, 9.17) is 9.72 Å². The predicted octanol–water partition coefficient (Wildman–Crippen LogP) is 4.28. The first-order valence-corrected chi connectivity index (χ1v) is 13.4. The lowest BCUT2D eigenvalue weighted by Crippen LogP contribution is -2.60. The van der Waals surface area contributed by atoms with Gasteiger partial charge < -0.3 is 19.9 Å². The molecule has 1 fully saturated rings. The number of piperidine rings is 1. The molecule has 0 saturated carbocycles. The minimum atomic E-state index is -0.757. The Morgan fingerprint density at radius 2 is 1.95 bits per heavy atom. The van der Waals surface area contributed by atoms with E-state index < -0.39 is 23.1 Å². The molecule has 1 amide bonds. The molecule has 5 rings (SSSR count). The van der Waals surface area contributed by atoms with Crippen molar-refractivity contribution in [2.45, 2.75) is 25.3 Å². The van der Waals surface area contributed by atoms with Gasteiger partial charge in [-0.25, -0.2) is 18.3 Å². The van der Waals surface area contributed by atoms with Crippen LogP contribution in [0, 0.1) is 23.0 Å². The molecule has 212 valence electrons. The number of halogens is 2. The van der Waals surface area contributed by atoms with Crippen molar-refractivity contribution in [3.8, 4) is 22.9 Å². The van der Waals surface area contributed by atoms with Crippen LogP contribution in [0.4, 0.5) is 14.6 Å². The van der Waals surface area contributed by atoms with Crippen molar-refractivity contribution in [1.82, 2.24) is 24.8 Å². The molecule has 3 aromatic heterocycles. The number of hydrogen-bond acceptors (Lipinski definition) is 7. The van der Waals surface area contributed by atoms with E-state index in [1.165, 1.54) is 6.20 Å². The number of nitriles is 1. The average Bonchev–Trinajstić information content (AvgIpc) is 3.37. The number of aromatic nitrogens is 3. The molecule has 1 aliphatic rings. The van der Waals surface area contributed by atoms with E-state index in [0.29, 0.717) is 55.9 Å². The number of anilines is 1. The van der Waals surface area contributed by atoms with E-state index in [2.05, 4.69) is 21.4 Å². The maximum atomic E-state index is 14.3. The van der Waals surface area contributed by atoms with Gasteiger partial charge in [-0.05, 0) is 70.3 Å². The lowest BCUT2D eigenvalue weighted by Gasteiger charge is -2.44. The van der Waals surface area contributed by atoms with Gasteiger partial charge in [0.25, 0.3) is 5.91 Å². The van der Waals surface area contributed by atoms with E-state index >= 15 is 0 Å². The summed E-state index contributed by atoms with van der Waals surface area (Å²) in [7, 11) is 3.83. The number of rotatable bonds is 8. The van der Waals surface area contributed by atoms with Crippen molar-refractivity contribution < 1.29 is 18.3 Å². The number of nitrogens with one attached hydrogen (secondary N) is 1. The molecule has 0 radical (unpaired) electrons. The molecule has 0 atom stereocenters. The van der Waals surface area contributed by atoms with Crippen LogP contribution in [-0.2, 0) is 0 Å². The molecule has 0 aliphatic carbocycles.